The van der Waals surface area contributed by atoms with Crippen molar-refractivity contribution in [2.24, 2.45) is 0 Å². The first-order valence-electron chi connectivity index (χ1n) is 9.94. The lowest BCUT2D eigenvalue weighted by atomic mass is 10.1. The fraction of sp³-hybridized carbons (Fsp3) is 0.250. The van der Waals surface area contributed by atoms with E-state index in [1.165, 1.54) is 11.8 Å². The summed E-state index contributed by atoms with van der Waals surface area (Å²) in [7, 11) is 1.62. The van der Waals surface area contributed by atoms with Crippen molar-refractivity contribution in [1.29, 1.82) is 0 Å². The van der Waals surface area contributed by atoms with Crippen LogP contribution in [-0.2, 0) is 11.2 Å². The minimum absolute atomic E-state index is 0.0390. The molecule has 2 aromatic carbocycles. The zero-order valence-electron chi connectivity index (χ0n) is 17.6. The minimum Gasteiger partial charge on any atom is -0.493 e. The predicted octanol–water partition coefficient (Wildman–Crippen LogP) is 5.10. The third-order valence-corrected chi connectivity index (χ3v) is 5.96. The van der Waals surface area contributed by atoms with E-state index in [9.17, 15) is 4.79 Å². The largest absolute Gasteiger partial charge is 0.493 e. The van der Waals surface area contributed by atoms with E-state index in [0.29, 0.717) is 40.5 Å². The summed E-state index contributed by atoms with van der Waals surface area (Å²) in [4.78, 5) is 14.5. The van der Waals surface area contributed by atoms with Gasteiger partial charge in [-0.3, -0.25) is 9.69 Å². The molecule has 0 bridgehead atoms. The average Bonchev–Trinajstić information content (AvgIpc) is 3.05. The summed E-state index contributed by atoms with van der Waals surface area (Å²) in [6.07, 6.45) is 4.48. The first-order valence-corrected chi connectivity index (χ1v) is 11.2. The molecule has 1 heterocycles. The van der Waals surface area contributed by atoms with Gasteiger partial charge in [-0.1, -0.05) is 48.3 Å². The van der Waals surface area contributed by atoms with Crippen LogP contribution in [0.3, 0.4) is 0 Å². The SMILES string of the molecule is C=CCc1ccc(OCCOc2ccc(/C=C3\SC(=S)N(CC)C3=O)cc2)c(OC)c1. The number of carbonyl (C=O) groups excluding carboxylic acids is 1. The van der Waals surface area contributed by atoms with Gasteiger partial charge in [0.25, 0.3) is 5.91 Å². The minimum atomic E-state index is -0.0390. The molecule has 0 aliphatic carbocycles. The monoisotopic (exact) mass is 455 g/mol. The van der Waals surface area contributed by atoms with Crippen LogP contribution in [-0.4, -0.2) is 42.0 Å². The fourth-order valence-corrected chi connectivity index (χ4v) is 4.40. The Morgan fingerprint density at radius 1 is 1.10 bits per heavy atom. The van der Waals surface area contributed by atoms with Gasteiger partial charge >= 0.3 is 0 Å². The molecule has 2 aromatic rings. The number of rotatable bonds is 10. The summed E-state index contributed by atoms with van der Waals surface area (Å²) < 4.78 is 17.6. The van der Waals surface area contributed by atoms with Crippen LogP contribution >= 0.6 is 24.0 Å². The van der Waals surface area contributed by atoms with E-state index in [1.54, 1.807) is 12.0 Å². The van der Waals surface area contributed by atoms with E-state index in [1.807, 2.05) is 61.5 Å². The summed E-state index contributed by atoms with van der Waals surface area (Å²) in [5.41, 5.74) is 2.04. The third-order valence-electron chi connectivity index (χ3n) is 4.59. The van der Waals surface area contributed by atoms with E-state index in [0.717, 1.165) is 23.3 Å². The van der Waals surface area contributed by atoms with Gasteiger partial charge in [-0.25, -0.2) is 0 Å². The molecule has 1 amide bonds. The zero-order valence-corrected chi connectivity index (χ0v) is 19.3. The number of nitrogens with zero attached hydrogens (tertiary/aromatic N) is 1. The molecule has 3 rings (SSSR count). The number of hydrogen-bond donors (Lipinski definition) is 0. The van der Waals surface area contributed by atoms with E-state index in [-0.39, 0.29) is 5.91 Å². The Bertz CT molecular complexity index is 986. The highest BCUT2D eigenvalue weighted by Gasteiger charge is 2.30. The van der Waals surface area contributed by atoms with Gasteiger partial charge in [-0.05, 0) is 54.8 Å². The molecular weight excluding hydrogens is 430 g/mol. The van der Waals surface area contributed by atoms with Crippen molar-refractivity contribution < 1.29 is 19.0 Å². The van der Waals surface area contributed by atoms with Crippen molar-refractivity contribution in [2.75, 3.05) is 26.9 Å². The smallest absolute Gasteiger partial charge is 0.266 e. The number of allylic oxidation sites excluding steroid dienone is 1. The average molecular weight is 456 g/mol. The number of ether oxygens (including phenoxy) is 3. The van der Waals surface area contributed by atoms with Crippen molar-refractivity contribution in [3.05, 3.63) is 71.2 Å². The van der Waals surface area contributed by atoms with E-state index < -0.39 is 0 Å². The molecule has 0 radical (unpaired) electrons. The number of thiocarbonyl (C=S) groups is 1. The van der Waals surface area contributed by atoms with Crippen LogP contribution in [0.15, 0.2) is 60.0 Å². The molecule has 1 aliphatic rings. The van der Waals surface area contributed by atoms with Gasteiger partial charge in [0.15, 0.2) is 11.5 Å². The fourth-order valence-electron chi connectivity index (χ4n) is 3.02. The first kappa shape index (κ1) is 22.9. The maximum atomic E-state index is 12.3. The molecule has 0 N–H and O–H groups in total. The number of hydrogen-bond acceptors (Lipinski definition) is 6. The number of methoxy groups -OCH3 is 1. The molecule has 0 saturated carbocycles. The molecule has 0 atom stereocenters. The standard InChI is InChI=1S/C24H25NO4S2/c1-4-6-17-9-12-20(21(15-17)27-3)29-14-13-28-19-10-7-18(8-11-19)16-22-23(26)25(5-2)24(30)31-22/h4,7-12,15-16H,1,5-6,13-14H2,2-3H3/b22-16-. The molecule has 1 saturated heterocycles. The van der Waals surface area contributed by atoms with Gasteiger partial charge in [0.2, 0.25) is 0 Å². The second-order valence-electron chi connectivity index (χ2n) is 6.67. The quantitative estimate of drug-likeness (QED) is 0.215. The van der Waals surface area contributed by atoms with E-state index >= 15 is 0 Å². The molecule has 162 valence electrons. The summed E-state index contributed by atoms with van der Waals surface area (Å²) in [6, 6.07) is 13.4. The van der Waals surface area contributed by atoms with Gasteiger partial charge < -0.3 is 14.2 Å². The highest BCUT2D eigenvalue weighted by molar-refractivity contribution is 8.26. The van der Waals surface area contributed by atoms with E-state index in [2.05, 4.69) is 6.58 Å². The Kier molecular flexibility index (Phi) is 8.14. The summed E-state index contributed by atoms with van der Waals surface area (Å²) >= 11 is 6.58. The van der Waals surface area contributed by atoms with Crippen LogP contribution in [0.5, 0.6) is 17.2 Å². The maximum Gasteiger partial charge on any atom is 0.266 e. The van der Waals surface area contributed by atoms with Crippen LogP contribution in [0.4, 0.5) is 0 Å². The molecule has 0 aromatic heterocycles. The second-order valence-corrected chi connectivity index (χ2v) is 8.35. The van der Waals surface area contributed by atoms with Gasteiger partial charge in [-0.2, -0.15) is 0 Å². The predicted molar refractivity (Wildman–Crippen MR) is 130 cm³/mol. The Morgan fingerprint density at radius 3 is 2.48 bits per heavy atom. The molecule has 0 spiro atoms. The number of likely N-dealkylation sites (N-methyl/N-ethyl adjacent to an activating group) is 1. The van der Waals surface area contributed by atoms with Crippen molar-refractivity contribution in [1.82, 2.24) is 4.90 Å². The van der Waals surface area contributed by atoms with Crippen molar-refractivity contribution in [2.45, 2.75) is 13.3 Å². The van der Waals surface area contributed by atoms with Gasteiger partial charge in [-0.15, -0.1) is 6.58 Å². The van der Waals surface area contributed by atoms with Crippen molar-refractivity contribution in [3.8, 4) is 17.2 Å². The number of thioether (sulfide) groups is 1. The highest BCUT2D eigenvalue weighted by Crippen LogP contribution is 2.32. The summed E-state index contributed by atoms with van der Waals surface area (Å²) in [6.45, 7) is 7.03. The van der Waals surface area contributed by atoms with Gasteiger partial charge in [0.1, 0.15) is 23.3 Å². The van der Waals surface area contributed by atoms with Crippen LogP contribution in [0.25, 0.3) is 6.08 Å². The molecular formula is C24H25NO4S2. The van der Waals surface area contributed by atoms with E-state index in [4.69, 9.17) is 26.4 Å². The topological polar surface area (TPSA) is 48.0 Å². The Balaban J connectivity index is 1.51. The first-order chi connectivity index (χ1) is 15.0. The molecule has 1 aliphatic heterocycles. The maximum absolute atomic E-state index is 12.3. The lowest BCUT2D eigenvalue weighted by Gasteiger charge is -2.12. The summed E-state index contributed by atoms with van der Waals surface area (Å²) in [5, 5.41) is 0. The molecule has 31 heavy (non-hydrogen) atoms. The van der Waals surface area contributed by atoms with Gasteiger partial charge in [0, 0.05) is 6.54 Å². The zero-order chi connectivity index (χ0) is 22.2. The Labute approximate surface area is 192 Å². The van der Waals surface area contributed by atoms with Crippen molar-refractivity contribution >= 4 is 40.3 Å². The third kappa shape index (κ3) is 5.89. The molecule has 1 fully saturated rings. The Morgan fingerprint density at radius 2 is 1.84 bits per heavy atom. The number of benzene rings is 2. The number of amides is 1. The van der Waals surface area contributed by atoms with Crippen LogP contribution in [0.1, 0.15) is 18.1 Å². The second kappa shape index (κ2) is 11.0. The molecule has 5 nitrogen and oxygen atoms in total. The normalized spacial score (nSPS) is 14.8. The lowest BCUT2D eigenvalue weighted by molar-refractivity contribution is -0.121. The lowest BCUT2D eigenvalue weighted by Crippen LogP contribution is -2.27. The summed E-state index contributed by atoms with van der Waals surface area (Å²) in [5.74, 6) is 2.06. The van der Waals surface area contributed by atoms with Crippen LogP contribution in [0, 0.1) is 0 Å². The van der Waals surface area contributed by atoms with Crippen LogP contribution in [0.2, 0.25) is 0 Å². The van der Waals surface area contributed by atoms with Crippen LogP contribution < -0.4 is 14.2 Å². The van der Waals surface area contributed by atoms with Gasteiger partial charge in [0.05, 0.1) is 12.0 Å². The molecule has 7 heteroatoms. The van der Waals surface area contributed by atoms with Crippen molar-refractivity contribution in [3.63, 3.8) is 0 Å². The molecule has 0 unspecified atom stereocenters. The number of carbonyl (C=O) groups is 1. The Hall–Kier alpha value is -2.77. The highest BCUT2D eigenvalue weighted by atomic mass is 32.2.